The number of fused-ring (bicyclic) bond motifs is 3. The van der Waals surface area contributed by atoms with Gasteiger partial charge in [-0.1, -0.05) is 18.2 Å². The van der Waals surface area contributed by atoms with Gasteiger partial charge in [-0.3, -0.25) is 4.79 Å². The first-order valence-electron chi connectivity index (χ1n) is 9.91. The van der Waals surface area contributed by atoms with Gasteiger partial charge >= 0.3 is 5.97 Å². The Morgan fingerprint density at radius 3 is 2.71 bits per heavy atom. The molecule has 160 valence electrons. The number of nitrogens with one attached hydrogen (secondary N) is 1. The third-order valence-electron chi connectivity index (χ3n) is 5.08. The lowest BCUT2D eigenvalue weighted by molar-refractivity contribution is -0.139. The summed E-state index contributed by atoms with van der Waals surface area (Å²) in [5.74, 6) is -1.25. The van der Waals surface area contributed by atoms with Crippen LogP contribution in [0, 0.1) is 0 Å². The number of carbonyl (C=O) groups is 1. The topological polar surface area (TPSA) is 124 Å². The number of H-pyrrole nitrogens is 1. The normalized spacial score (nSPS) is 15.4. The summed E-state index contributed by atoms with van der Waals surface area (Å²) in [5, 5.41) is 10.8. The molecule has 0 saturated carbocycles. The summed E-state index contributed by atoms with van der Waals surface area (Å²) < 4.78 is 16.5. The summed E-state index contributed by atoms with van der Waals surface area (Å²) in [6.07, 6.45) is 0. The van der Waals surface area contributed by atoms with Crippen molar-refractivity contribution in [3.05, 3.63) is 75.4 Å². The highest BCUT2D eigenvalue weighted by Gasteiger charge is 2.38. The highest BCUT2D eigenvalue weighted by Crippen LogP contribution is 2.45. The van der Waals surface area contributed by atoms with Gasteiger partial charge in [-0.25, -0.2) is 4.79 Å². The van der Waals surface area contributed by atoms with Crippen LogP contribution in [-0.2, 0) is 9.53 Å². The highest BCUT2D eigenvalue weighted by atomic mass is 16.5. The quantitative estimate of drug-likeness (QED) is 0.540. The van der Waals surface area contributed by atoms with Crippen LogP contribution in [0.5, 0.6) is 17.2 Å². The number of ether oxygens (including phenoxy) is 3. The largest absolute Gasteiger partial charge is 0.504 e. The number of aromatic hydroxyl groups is 1. The first kappa shape index (κ1) is 20.3. The van der Waals surface area contributed by atoms with Gasteiger partial charge in [0.15, 0.2) is 11.5 Å². The Morgan fingerprint density at radius 1 is 1.19 bits per heavy atom. The maximum Gasteiger partial charge on any atom is 0.340 e. The number of esters is 1. The van der Waals surface area contributed by atoms with Crippen LogP contribution in [0.3, 0.4) is 0 Å². The molecule has 2 aromatic carbocycles. The molecule has 0 unspecified atom stereocenters. The van der Waals surface area contributed by atoms with Gasteiger partial charge in [0.2, 0.25) is 5.88 Å². The molecule has 4 N–H and O–H groups in total. The minimum atomic E-state index is -0.879. The smallest absolute Gasteiger partial charge is 0.340 e. The first-order valence-corrected chi connectivity index (χ1v) is 9.91. The van der Waals surface area contributed by atoms with Crippen LogP contribution in [0.1, 0.15) is 30.9 Å². The van der Waals surface area contributed by atoms with E-state index >= 15 is 0 Å². The predicted molar refractivity (Wildman–Crippen MR) is 114 cm³/mol. The van der Waals surface area contributed by atoms with Gasteiger partial charge in [-0.05, 0) is 43.7 Å². The Labute approximate surface area is 177 Å². The monoisotopic (exact) mass is 422 g/mol. The Kier molecular flexibility index (Phi) is 5.29. The van der Waals surface area contributed by atoms with Crippen LogP contribution in [-0.4, -0.2) is 29.3 Å². The summed E-state index contributed by atoms with van der Waals surface area (Å²) in [6.45, 7) is 3.92. The fourth-order valence-electron chi connectivity index (χ4n) is 3.79. The van der Waals surface area contributed by atoms with Crippen LogP contribution in [0.15, 0.2) is 58.7 Å². The number of hydrogen-bond donors (Lipinski definition) is 3. The summed E-state index contributed by atoms with van der Waals surface area (Å²) in [7, 11) is 0. The van der Waals surface area contributed by atoms with E-state index in [1.165, 1.54) is 6.07 Å². The Balaban J connectivity index is 2.02. The molecule has 4 rings (SSSR count). The zero-order valence-electron chi connectivity index (χ0n) is 17.1. The lowest BCUT2D eigenvalue weighted by Gasteiger charge is -2.28. The second-order valence-electron chi connectivity index (χ2n) is 6.94. The first-order chi connectivity index (χ1) is 15.0. The molecule has 0 saturated heterocycles. The number of phenolic OH excluding ortho intramolecular Hbond substituents is 1. The minimum Gasteiger partial charge on any atom is -0.504 e. The number of aromatic nitrogens is 1. The summed E-state index contributed by atoms with van der Waals surface area (Å²) in [6, 6.07) is 11.8. The molecule has 8 heteroatoms. The zero-order valence-corrected chi connectivity index (χ0v) is 17.1. The van der Waals surface area contributed by atoms with Crippen molar-refractivity contribution < 1.29 is 24.1 Å². The number of benzene rings is 2. The van der Waals surface area contributed by atoms with Crippen molar-refractivity contribution in [2.75, 3.05) is 13.2 Å². The average molecular weight is 422 g/mol. The van der Waals surface area contributed by atoms with Crippen molar-refractivity contribution in [1.29, 1.82) is 0 Å². The molecule has 1 aromatic heterocycles. The number of pyridine rings is 1. The number of nitrogens with two attached hydrogens (primary N) is 1. The molecular weight excluding hydrogens is 400 g/mol. The molecule has 0 fully saturated rings. The Bertz CT molecular complexity index is 1260. The molecule has 31 heavy (non-hydrogen) atoms. The standard InChI is InChI=1S/C23H22N2O6/c1-3-29-16-11-12(9-10-15(16)26)17-18-20(31-21(24)19(17)23(28)30-4-2)13-7-5-6-8-14(13)25-22(18)27/h5-11,17,26H,3-4,24H2,1-2H3,(H,25,27)/t17-/m1/s1. The van der Waals surface area contributed by atoms with Gasteiger partial charge in [-0.15, -0.1) is 0 Å². The molecule has 1 aliphatic rings. The van der Waals surface area contributed by atoms with Gasteiger partial charge in [0.1, 0.15) is 11.3 Å². The van der Waals surface area contributed by atoms with E-state index in [4.69, 9.17) is 19.9 Å². The molecule has 2 heterocycles. The molecule has 1 aliphatic heterocycles. The number of phenols is 1. The molecule has 0 spiro atoms. The number of carbonyl (C=O) groups excluding carboxylic acids is 1. The van der Waals surface area contributed by atoms with E-state index in [1.54, 1.807) is 44.2 Å². The fourth-order valence-corrected chi connectivity index (χ4v) is 3.79. The van der Waals surface area contributed by atoms with E-state index in [0.29, 0.717) is 23.1 Å². The lowest BCUT2D eigenvalue weighted by atomic mass is 9.82. The van der Waals surface area contributed by atoms with E-state index in [-0.39, 0.29) is 40.9 Å². The summed E-state index contributed by atoms with van der Waals surface area (Å²) in [5.41, 5.74) is 7.12. The number of rotatable bonds is 5. The van der Waals surface area contributed by atoms with E-state index in [9.17, 15) is 14.7 Å². The third kappa shape index (κ3) is 3.46. The van der Waals surface area contributed by atoms with Crippen molar-refractivity contribution in [1.82, 2.24) is 4.98 Å². The van der Waals surface area contributed by atoms with Gasteiger partial charge in [0.25, 0.3) is 5.56 Å². The molecule has 1 atom stereocenters. The van der Waals surface area contributed by atoms with Crippen molar-refractivity contribution in [3.8, 4) is 17.2 Å². The second-order valence-corrected chi connectivity index (χ2v) is 6.94. The zero-order chi connectivity index (χ0) is 22.1. The minimum absolute atomic E-state index is 0.0169. The van der Waals surface area contributed by atoms with Crippen LogP contribution in [0.25, 0.3) is 10.9 Å². The second kappa shape index (κ2) is 8.06. The molecule has 8 nitrogen and oxygen atoms in total. The van der Waals surface area contributed by atoms with Crippen molar-refractivity contribution >= 4 is 16.9 Å². The van der Waals surface area contributed by atoms with Gasteiger partial charge in [-0.2, -0.15) is 0 Å². The van der Waals surface area contributed by atoms with E-state index in [1.807, 2.05) is 6.07 Å². The molecule has 0 amide bonds. The Hall–Kier alpha value is -3.94. The summed E-state index contributed by atoms with van der Waals surface area (Å²) in [4.78, 5) is 28.8. The van der Waals surface area contributed by atoms with Gasteiger partial charge in [0.05, 0.1) is 30.2 Å². The van der Waals surface area contributed by atoms with Crippen LogP contribution in [0.4, 0.5) is 0 Å². The number of aromatic amines is 1. The van der Waals surface area contributed by atoms with Crippen LogP contribution >= 0.6 is 0 Å². The van der Waals surface area contributed by atoms with E-state index in [0.717, 1.165) is 0 Å². The number of para-hydroxylation sites is 1. The van der Waals surface area contributed by atoms with Crippen molar-refractivity contribution in [3.63, 3.8) is 0 Å². The molecule has 0 bridgehead atoms. The molecule has 0 aliphatic carbocycles. The maximum absolute atomic E-state index is 13.1. The van der Waals surface area contributed by atoms with E-state index in [2.05, 4.69) is 4.98 Å². The lowest BCUT2D eigenvalue weighted by Crippen LogP contribution is -2.32. The van der Waals surface area contributed by atoms with Gasteiger partial charge < -0.3 is 30.0 Å². The number of hydrogen-bond acceptors (Lipinski definition) is 7. The molecular formula is C23H22N2O6. The fraction of sp³-hybridized carbons (Fsp3) is 0.217. The maximum atomic E-state index is 13.1. The van der Waals surface area contributed by atoms with E-state index < -0.39 is 17.4 Å². The highest BCUT2D eigenvalue weighted by molar-refractivity contribution is 5.95. The average Bonchev–Trinajstić information content (AvgIpc) is 2.75. The van der Waals surface area contributed by atoms with Crippen molar-refractivity contribution in [2.24, 2.45) is 5.73 Å². The van der Waals surface area contributed by atoms with Crippen molar-refractivity contribution in [2.45, 2.75) is 19.8 Å². The third-order valence-corrected chi connectivity index (χ3v) is 5.08. The predicted octanol–water partition coefficient (Wildman–Crippen LogP) is 2.89. The molecule has 3 aromatic rings. The van der Waals surface area contributed by atoms with Crippen LogP contribution in [0.2, 0.25) is 0 Å². The molecule has 0 radical (unpaired) electrons. The SMILES string of the molecule is CCOC(=O)C1=C(N)Oc2c(c(=O)[nH]c3ccccc23)[C@H]1c1ccc(O)c(OCC)c1. The Morgan fingerprint density at radius 2 is 1.97 bits per heavy atom. The summed E-state index contributed by atoms with van der Waals surface area (Å²) >= 11 is 0. The van der Waals surface area contributed by atoms with Gasteiger partial charge in [0, 0.05) is 5.39 Å². The van der Waals surface area contributed by atoms with Crippen LogP contribution < -0.4 is 20.8 Å².